The Morgan fingerprint density at radius 1 is 0.588 bits per heavy atom. The lowest BCUT2D eigenvalue weighted by Crippen LogP contribution is -2.49. The van der Waals surface area contributed by atoms with Crippen LogP contribution in [0.25, 0.3) is 22.1 Å². The minimum Gasteiger partial charge on any atom is -0.290 e. The molecule has 0 radical (unpaired) electrons. The summed E-state index contributed by atoms with van der Waals surface area (Å²) >= 11 is 0. The lowest BCUT2D eigenvalue weighted by molar-refractivity contribution is 0.151. The fourth-order valence-corrected chi connectivity index (χ4v) is 5.80. The second-order valence-corrected chi connectivity index (χ2v) is 9.94. The van der Waals surface area contributed by atoms with Crippen LogP contribution in [0.2, 0.25) is 0 Å². The summed E-state index contributed by atoms with van der Waals surface area (Å²) in [5, 5.41) is 26.4. The van der Waals surface area contributed by atoms with E-state index in [-0.39, 0.29) is 12.3 Å². The molecule has 0 saturated heterocycles. The molecule has 2 aromatic carbocycles. The fourth-order valence-electron chi connectivity index (χ4n) is 5.80. The second kappa shape index (κ2) is 9.80. The van der Waals surface area contributed by atoms with Crippen molar-refractivity contribution < 1.29 is 0 Å². The monoisotopic (exact) mass is 458 g/mol. The van der Waals surface area contributed by atoms with Gasteiger partial charge in [-0.05, 0) is 49.9 Å². The van der Waals surface area contributed by atoms with Crippen molar-refractivity contribution in [1.29, 1.82) is 0 Å². The molecule has 2 aliphatic rings. The van der Waals surface area contributed by atoms with Gasteiger partial charge in [-0.15, -0.1) is 10.2 Å². The summed E-state index contributed by atoms with van der Waals surface area (Å²) in [6, 6.07) is 17.4. The Labute approximate surface area is 200 Å². The SMILES string of the molecule is c1ccc2c(c1)nnn2[C@H](NC1CCCCC1)[C@@H](NC1CCCCC1)n1nnc2ccccc21. The third-order valence-electron chi connectivity index (χ3n) is 7.60. The Balaban J connectivity index is 1.45. The molecular weight excluding hydrogens is 424 g/mol. The van der Waals surface area contributed by atoms with Crippen LogP contribution >= 0.6 is 0 Å². The molecule has 0 aliphatic heterocycles. The van der Waals surface area contributed by atoms with E-state index in [0.29, 0.717) is 12.1 Å². The molecule has 0 spiro atoms. The van der Waals surface area contributed by atoms with Crippen LogP contribution in [0, 0.1) is 0 Å². The van der Waals surface area contributed by atoms with Gasteiger partial charge in [-0.25, -0.2) is 9.36 Å². The highest BCUT2D eigenvalue weighted by molar-refractivity contribution is 5.75. The van der Waals surface area contributed by atoms with Gasteiger partial charge in [-0.1, -0.05) is 73.2 Å². The number of para-hydroxylation sites is 2. The molecule has 6 rings (SSSR count). The van der Waals surface area contributed by atoms with Gasteiger partial charge in [-0.2, -0.15) is 0 Å². The summed E-state index contributed by atoms with van der Waals surface area (Å²) in [5.41, 5.74) is 3.90. The predicted molar refractivity (Wildman–Crippen MR) is 133 cm³/mol. The van der Waals surface area contributed by atoms with Crippen molar-refractivity contribution >= 4 is 22.1 Å². The first-order chi connectivity index (χ1) is 16.9. The van der Waals surface area contributed by atoms with E-state index in [1.807, 2.05) is 24.3 Å². The van der Waals surface area contributed by atoms with E-state index in [4.69, 9.17) is 0 Å². The maximum Gasteiger partial charge on any atom is 0.140 e. The summed E-state index contributed by atoms with van der Waals surface area (Å²) in [6.07, 6.45) is 12.2. The topological polar surface area (TPSA) is 85.5 Å². The van der Waals surface area contributed by atoms with E-state index in [1.165, 1.54) is 64.2 Å². The van der Waals surface area contributed by atoms with Gasteiger partial charge in [-0.3, -0.25) is 10.6 Å². The van der Waals surface area contributed by atoms with Gasteiger partial charge in [0.1, 0.15) is 23.4 Å². The lowest BCUT2D eigenvalue weighted by atomic mass is 9.94. The fraction of sp³-hybridized carbons (Fsp3) is 0.538. The molecule has 2 aromatic heterocycles. The molecule has 2 saturated carbocycles. The number of hydrogen-bond donors (Lipinski definition) is 2. The highest BCUT2D eigenvalue weighted by Gasteiger charge is 2.33. The van der Waals surface area contributed by atoms with Crippen molar-refractivity contribution in [1.82, 2.24) is 40.6 Å². The van der Waals surface area contributed by atoms with Crippen LogP contribution in [0.4, 0.5) is 0 Å². The zero-order valence-corrected chi connectivity index (χ0v) is 19.7. The van der Waals surface area contributed by atoms with Crippen molar-refractivity contribution in [2.75, 3.05) is 0 Å². The van der Waals surface area contributed by atoms with Crippen LogP contribution in [-0.4, -0.2) is 42.1 Å². The minimum atomic E-state index is -0.137. The molecule has 34 heavy (non-hydrogen) atoms. The van der Waals surface area contributed by atoms with Crippen LogP contribution in [-0.2, 0) is 0 Å². The van der Waals surface area contributed by atoms with Crippen molar-refractivity contribution in [3.63, 3.8) is 0 Å². The summed E-state index contributed by atoms with van der Waals surface area (Å²) in [6.45, 7) is 0. The molecule has 2 aliphatic carbocycles. The third-order valence-corrected chi connectivity index (χ3v) is 7.60. The Kier molecular flexibility index (Phi) is 6.25. The molecule has 8 nitrogen and oxygen atoms in total. The van der Waals surface area contributed by atoms with E-state index in [0.717, 1.165) is 22.1 Å². The van der Waals surface area contributed by atoms with E-state index >= 15 is 0 Å². The van der Waals surface area contributed by atoms with Crippen LogP contribution in [0.1, 0.15) is 76.5 Å². The molecule has 2 fully saturated rings. The third kappa shape index (κ3) is 4.32. The zero-order chi connectivity index (χ0) is 22.7. The van der Waals surface area contributed by atoms with Crippen LogP contribution in [0.5, 0.6) is 0 Å². The van der Waals surface area contributed by atoms with Crippen LogP contribution < -0.4 is 10.6 Å². The molecule has 0 unspecified atom stereocenters. The van der Waals surface area contributed by atoms with Crippen LogP contribution in [0.15, 0.2) is 48.5 Å². The number of hydrogen-bond acceptors (Lipinski definition) is 6. The van der Waals surface area contributed by atoms with E-state index in [9.17, 15) is 0 Å². The van der Waals surface area contributed by atoms with Gasteiger partial charge in [0.2, 0.25) is 0 Å². The number of fused-ring (bicyclic) bond motifs is 2. The van der Waals surface area contributed by atoms with Gasteiger partial charge in [0.05, 0.1) is 11.0 Å². The standard InChI is InChI=1S/C26H34N8/c1-3-11-19(12-4-1)27-25(33-23-17-9-7-15-21(23)29-31-33)26(28-20-13-5-2-6-14-20)34-24-18-10-8-16-22(24)30-32-34/h7-10,15-20,25-28H,1-6,11-14H2/t25-,26-/m0/s1. The van der Waals surface area contributed by atoms with Gasteiger partial charge < -0.3 is 0 Å². The molecule has 2 atom stereocenters. The van der Waals surface area contributed by atoms with Crippen molar-refractivity contribution in [3.05, 3.63) is 48.5 Å². The molecule has 8 heteroatoms. The summed E-state index contributed by atoms with van der Waals surface area (Å²) < 4.78 is 4.14. The van der Waals surface area contributed by atoms with E-state index < -0.39 is 0 Å². The first kappa shape index (κ1) is 21.7. The van der Waals surface area contributed by atoms with E-state index in [1.54, 1.807) is 0 Å². The first-order valence-electron chi connectivity index (χ1n) is 13.0. The van der Waals surface area contributed by atoms with Gasteiger partial charge in [0, 0.05) is 12.1 Å². The highest BCUT2D eigenvalue weighted by atomic mass is 15.5. The van der Waals surface area contributed by atoms with E-state index in [2.05, 4.69) is 64.9 Å². The lowest BCUT2D eigenvalue weighted by Gasteiger charge is -2.37. The molecule has 2 N–H and O–H groups in total. The number of rotatable bonds is 7. The van der Waals surface area contributed by atoms with Crippen molar-refractivity contribution in [3.8, 4) is 0 Å². The molecule has 0 amide bonds. The minimum absolute atomic E-state index is 0.137. The normalized spacial score (nSPS) is 20.1. The second-order valence-electron chi connectivity index (χ2n) is 9.94. The van der Waals surface area contributed by atoms with Crippen LogP contribution in [0.3, 0.4) is 0 Å². The maximum absolute atomic E-state index is 4.67. The number of nitrogens with zero attached hydrogens (tertiary/aromatic N) is 6. The van der Waals surface area contributed by atoms with Gasteiger partial charge in [0.15, 0.2) is 0 Å². The number of benzene rings is 2. The number of nitrogens with one attached hydrogen (secondary N) is 2. The highest BCUT2D eigenvalue weighted by Crippen LogP contribution is 2.30. The average Bonchev–Trinajstić information content (AvgIpc) is 3.52. The molecule has 2 heterocycles. The summed E-state index contributed by atoms with van der Waals surface area (Å²) in [7, 11) is 0. The van der Waals surface area contributed by atoms with Crippen molar-refractivity contribution in [2.24, 2.45) is 0 Å². The Morgan fingerprint density at radius 3 is 1.44 bits per heavy atom. The molecular formula is C26H34N8. The maximum atomic E-state index is 4.67. The van der Waals surface area contributed by atoms with Crippen molar-refractivity contribution in [2.45, 2.75) is 88.6 Å². The zero-order valence-electron chi connectivity index (χ0n) is 19.7. The molecule has 178 valence electrons. The predicted octanol–water partition coefficient (Wildman–Crippen LogP) is 4.72. The summed E-state index contributed by atoms with van der Waals surface area (Å²) in [5.74, 6) is 0. The van der Waals surface area contributed by atoms with Gasteiger partial charge in [0.25, 0.3) is 0 Å². The smallest absolute Gasteiger partial charge is 0.140 e. The molecule has 0 bridgehead atoms. The molecule has 4 aromatic rings. The Hall–Kier alpha value is -2.84. The average molecular weight is 459 g/mol. The quantitative estimate of drug-likeness (QED) is 0.417. The summed E-state index contributed by atoms with van der Waals surface area (Å²) in [4.78, 5) is 0. The number of aromatic nitrogens is 6. The largest absolute Gasteiger partial charge is 0.290 e. The Bertz CT molecular complexity index is 1120. The van der Waals surface area contributed by atoms with Gasteiger partial charge >= 0.3 is 0 Å². The Morgan fingerprint density at radius 2 is 1.00 bits per heavy atom. The first-order valence-corrected chi connectivity index (χ1v) is 13.0.